The minimum absolute atomic E-state index is 0.0708. The fraction of sp³-hybridized carbons (Fsp3) is 0.562. The van der Waals surface area contributed by atoms with E-state index in [4.69, 9.17) is 20.5 Å². The van der Waals surface area contributed by atoms with Gasteiger partial charge in [0.1, 0.15) is 12.4 Å². The Morgan fingerprint density at radius 3 is 2.83 bits per heavy atom. The van der Waals surface area contributed by atoms with Crippen LogP contribution in [-0.2, 0) is 16.6 Å². The number of fused-ring (bicyclic) bond motifs is 1. The summed E-state index contributed by atoms with van der Waals surface area (Å²) in [6, 6.07) is 5.57. The van der Waals surface area contributed by atoms with Crippen LogP contribution < -0.4 is 10.5 Å². The molecule has 1 aliphatic carbocycles. The van der Waals surface area contributed by atoms with E-state index in [9.17, 15) is 9.90 Å². The molecule has 0 aliphatic heterocycles. The normalized spacial score (nSPS) is 22.7. The van der Waals surface area contributed by atoms with Gasteiger partial charge < -0.3 is 25.6 Å². The molecule has 23 heavy (non-hydrogen) atoms. The van der Waals surface area contributed by atoms with Gasteiger partial charge in [0.25, 0.3) is 0 Å². The average molecular weight is 321 g/mol. The van der Waals surface area contributed by atoms with Crippen LogP contribution in [0.4, 0.5) is 0 Å². The van der Waals surface area contributed by atoms with Crippen LogP contribution in [0.5, 0.6) is 5.75 Å². The molecule has 0 bridgehead atoms. The molecule has 0 heterocycles. The first kappa shape index (κ1) is 17.8. The number of carboxylic acid groups (broad SMARTS) is 1. The third-order valence-corrected chi connectivity index (χ3v) is 4.77. The fourth-order valence-electron chi connectivity index (χ4n) is 3.40. The Balaban J connectivity index is 2.23. The summed E-state index contributed by atoms with van der Waals surface area (Å²) in [7, 11) is -1.34. The van der Waals surface area contributed by atoms with Gasteiger partial charge >= 0.3 is 13.1 Å². The van der Waals surface area contributed by atoms with Gasteiger partial charge in [-0.3, -0.25) is 4.79 Å². The number of ether oxygens (including phenoxy) is 1. The van der Waals surface area contributed by atoms with Crippen molar-refractivity contribution in [3.63, 3.8) is 0 Å². The quantitative estimate of drug-likeness (QED) is 0.527. The van der Waals surface area contributed by atoms with E-state index in [0.717, 1.165) is 11.1 Å². The predicted molar refractivity (Wildman–Crippen MR) is 87.4 cm³/mol. The molecule has 0 aromatic heterocycles. The zero-order valence-corrected chi connectivity index (χ0v) is 13.4. The average Bonchev–Trinajstić information content (AvgIpc) is 2.79. The number of aliphatic carboxylic acids is 1. The van der Waals surface area contributed by atoms with Crippen LogP contribution >= 0.6 is 0 Å². The maximum Gasteiger partial charge on any atom is 0.451 e. The Kier molecular flexibility index (Phi) is 5.67. The highest BCUT2D eigenvalue weighted by Crippen LogP contribution is 2.47. The smallest absolute Gasteiger partial charge is 0.451 e. The van der Waals surface area contributed by atoms with Gasteiger partial charge in [-0.15, -0.1) is 0 Å². The third-order valence-electron chi connectivity index (χ3n) is 4.77. The van der Waals surface area contributed by atoms with Crippen molar-refractivity contribution in [2.75, 3.05) is 13.2 Å². The number of carboxylic acids is 1. The lowest BCUT2D eigenvalue weighted by Gasteiger charge is -2.28. The van der Waals surface area contributed by atoms with Crippen LogP contribution in [0.3, 0.4) is 0 Å². The molecule has 0 unspecified atom stereocenters. The number of hydrogen-bond donors (Lipinski definition) is 4. The van der Waals surface area contributed by atoms with Crippen molar-refractivity contribution in [3.05, 3.63) is 29.3 Å². The van der Waals surface area contributed by atoms with E-state index in [2.05, 4.69) is 0 Å². The van der Waals surface area contributed by atoms with Crippen molar-refractivity contribution in [1.82, 2.24) is 0 Å². The van der Waals surface area contributed by atoms with Gasteiger partial charge in [-0.05, 0) is 55.3 Å². The molecule has 0 fully saturated rings. The van der Waals surface area contributed by atoms with E-state index in [0.29, 0.717) is 38.2 Å². The molecule has 0 saturated heterocycles. The Morgan fingerprint density at radius 2 is 2.22 bits per heavy atom. The molecular formula is C16H24BNO5. The highest BCUT2D eigenvalue weighted by Gasteiger charge is 2.48. The molecular weight excluding hydrogens is 297 g/mol. The maximum atomic E-state index is 12.0. The summed E-state index contributed by atoms with van der Waals surface area (Å²) in [5.41, 5.74) is 6.25. The molecule has 0 spiro atoms. The molecule has 5 N–H and O–H groups in total. The first-order valence-corrected chi connectivity index (χ1v) is 7.95. The Labute approximate surface area is 136 Å². The van der Waals surface area contributed by atoms with Crippen LogP contribution in [-0.4, -0.2) is 41.4 Å². The molecule has 0 saturated carbocycles. The van der Waals surface area contributed by atoms with Gasteiger partial charge in [0.2, 0.25) is 0 Å². The molecule has 1 aliphatic rings. The molecule has 0 amide bonds. The monoisotopic (exact) mass is 321 g/mol. The Bertz CT molecular complexity index is 565. The van der Waals surface area contributed by atoms with Gasteiger partial charge in [-0.2, -0.15) is 0 Å². The summed E-state index contributed by atoms with van der Waals surface area (Å²) in [6.45, 7) is 2.54. The van der Waals surface area contributed by atoms with E-state index < -0.39 is 18.5 Å². The second kappa shape index (κ2) is 7.34. The van der Waals surface area contributed by atoms with Gasteiger partial charge in [0.05, 0.1) is 5.41 Å². The highest BCUT2D eigenvalue weighted by atomic mass is 16.5. The standard InChI is InChI=1S/C16H24BNO5/c1-16(15(19)20)12(3-2-6-17(21)22)9-11-4-5-13(10-14(11)16)23-8-7-18/h4-5,10,12,21-22H,2-3,6-9,18H2,1H3,(H,19,20)/t12-,16-/m0/s1. The van der Waals surface area contributed by atoms with Crippen LogP contribution in [0.15, 0.2) is 18.2 Å². The van der Waals surface area contributed by atoms with Gasteiger partial charge in [0.15, 0.2) is 0 Å². The predicted octanol–water partition coefficient (Wildman–Crippen LogP) is 0.792. The lowest BCUT2D eigenvalue weighted by molar-refractivity contribution is -0.145. The SMILES string of the molecule is C[C@@]1(C(=O)O)c2cc(OCCN)ccc2C[C@@H]1CCCB(O)O. The summed E-state index contributed by atoms with van der Waals surface area (Å²) >= 11 is 0. The summed E-state index contributed by atoms with van der Waals surface area (Å²) in [5, 5.41) is 27.7. The molecule has 1 aromatic carbocycles. The molecule has 2 rings (SSSR count). The van der Waals surface area contributed by atoms with Crippen molar-refractivity contribution >= 4 is 13.1 Å². The second-order valence-electron chi connectivity index (χ2n) is 6.28. The van der Waals surface area contributed by atoms with E-state index >= 15 is 0 Å². The number of benzene rings is 1. The van der Waals surface area contributed by atoms with Crippen LogP contribution in [0, 0.1) is 5.92 Å². The zero-order valence-electron chi connectivity index (χ0n) is 13.4. The van der Waals surface area contributed by atoms with E-state index in [1.165, 1.54) is 0 Å². The maximum absolute atomic E-state index is 12.0. The van der Waals surface area contributed by atoms with Crippen LogP contribution in [0.25, 0.3) is 0 Å². The molecule has 126 valence electrons. The van der Waals surface area contributed by atoms with Crippen molar-refractivity contribution in [3.8, 4) is 5.75 Å². The van der Waals surface area contributed by atoms with E-state index in [-0.39, 0.29) is 12.2 Å². The van der Waals surface area contributed by atoms with Crippen LogP contribution in [0.1, 0.15) is 30.9 Å². The first-order chi connectivity index (χ1) is 10.9. The first-order valence-electron chi connectivity index (χ1n) is 7.95. The van der Waals surface area contributed by atoms with E-state index in [1.807, 2.05) is 12.1 Å². The number of rotatable bonds is 8. The van der Waals surface area contributed by atoms with Crippen molar-refractivity contribution in [2.24, 2.45) is 11.7 Å². The molecule has 2 atom stereocenters. The van der Waals surface area contributed by atoms with Gasteiger partial charge in [0, 0.05) is 6.54 Å². The summed E-state index contributed by atoms with van der Waals surface area (Å²) < 4.78 is 5.52. The zero-order chi connectivity index (χ0) is 17.0. The van der Waals surface area contributed by atoms with E-state index in [1.54, 1.807) is 13.0 Å². The lowest BCUT2D eigenvalue weighted by atomic mass is 9.72. The van der Waals surface area contributed by atoms with Gasteiger partial charge in [-0.1, -0.05) is 12.5 Å². The largest absolute Gasteiger partial charge is 0.492 e. The Hall–Kier alpha value is -1.57. The fourth-order valence-corrected chi connectivity index (χ4v) is 3.40. The topological polar surface area (TPSA) is 113 Å². The van der Waals surface area contributed by atoms with Crippen molar-refractivity contribution in [1.29, 1.82) is 0 Å². The summed E-state index contributed by atoms with van der Waals surface area (Å²) in [6.07, 6.45) is 2.15. The lowest BCUT2D eigenvalue weighted by Crippen LogP contribution is -2.37. The van der Waals surface area contributed by atoms with Crippen molar-refractivity contribution in [2.45, 2.75) is 37.9 Å². The Morgan fingerprint density at radius 1 is 1.48 bits per heavy atom. The molecule has 1 aromatic rings. The minimum atomic E-state index is -1.34. The number of nitrogens with two attached hydrogens (primary N) is 1. The third kappa shape index (κ3) is 3.68. The summed E-state index contributed by atoms with van der Waals surface area (Å²) in [5.74, 6) is -0.298. The second-order valence-corrected chi connectivity index (χ2v) is 6.28. The van der Waals surface area contributed by atoms with Crippen molar-refractivity contribution < 1.29 is 24.7 Å². The molecule has 6 nitrogen and oxygen atoms in total. The minimum Gasteiger partial charge on any atom is -0.492 e. The highest BCUT2D eigenvalue weighted by molar-refractivity contribution is 6.40. The van der Waals surface area contributed by atoms with Gasteiger partial charge in [-0.25, -0.2) is 0 Å². The number of hydrogen-bond acceptors (Lipinski definition) is 5. The molecule has 7 heteroatoms. The summed E-state index contributed by atoms with van der Waals surface area (Å²) in [4.78, 5) is 12.0. The van der Waals surface area contributed by atoms with Crippen LogP contribution in [0.2, 0.25) is 6.32 Å². The molecule has 0 radical (unpaired) electrons. The number of carbonyl (C=O) groups is 1.